The molecule has 1 aromatic heterocycles. The summed E-state index contributed by atoms with van der Waals surface area (Å²) in [5.74, 6) is 0.357. The summed E-state index contributed by atoms with van der Waals surface area (Å²) < 4.78 is 18.8. The average molecular weight is 251 g/mol. The van der Waals surface area contributed by atoms with Gasteiger partial charge in [0.15, 0.2) is 0 Å². The van der Waals surface area contributed by atoms with Gasteiger partial charge in [-0.05, 0) is 36.6 Å². The van der Waals surface area contributed by atoms with Crippen LogP contribution in [0.15, 0.2) is 35.7 Å². The third-order valence-electron chi connectivity index (χ3n) is 2.41. The maximum atomic E-state index is 13.1. The molecule has 1 atom stereocenters. The molecule has 2 aromatic rings. The summed E-state index contributed by atoms with van der Waals surface area (Å²) in [6.07, 6.45) is 0. The lowest BCUT2D eigenvalue weighted by Gasteiger charge is -2.13. The number of benzene rings is 1. The molecule has 0 bridgehead atoms. The topological polar surface area (TPSA) is 35.2 Å². The van der Waals surface area contributed by atoms with E-state index in [2.05, 4.69) is 0 Å². The quantitative estimate of drug-likeness (QED) is 0.902. The van der Waals surface area contributed by atoms with Crippen LogP contribution in [0.3, 0.4) is 0 Å². The van der Waals surface area contributed by atoms with Crippen LogP contribution in [0.5, 0.6) is 5.75 Å². The lowest BCUT2D eigenvalue weighted by atomic mass is 10.1. The van der Waals surface area contributed by atoms with E-state index in [0.29, 0.717) is 17.9 Å². The Bertz CT molecular complexity index is 482. The molecule has 0 spiro atoms. The molecule has 0 aliphatic rings. The van der Waals surface area contributed by atoms with Gasteiger partial charge in [0.1, 0.15) is 18.2 Å². The second-order valence-electron chi connectivity index (χ2n) is 3.84. The van der Waals surface area contributed by atoms with Crippen molar-refractivity contribution in [1.29, 1.82) is 0 Å². The van der Waals surface area contributed by atoms with Crippen molar-refractivity contribution in [3.63, 3.8) is 0 Å². The maximum Gasteiger partial charge on any atom is 0.124 e. The minimum Gasteiger partial charge on any atom is -0.488 e. The van der Waals surface area contributed by atoms with Crippen LogP contribution in [-0.2, 0) is 6.61 Å². The highest BCUT2D eigenvalue weighted by Gasteiger charge is 2.09. The van der Waals surface area contributed by atoms with Crippen molar-refractivity contribution in [3.05, 3.63) is 52.0 Å². The van der Waals surface area contributed by atoms with Crippen LogP contribution in [0.2, 0.25) is 0 Å². The highest BCUT2D eigenvalue weighted by Crippen LogP contribution is 2.26. The Hall–Kier alpha value is -1.39. The highest BCUT2D eigenvalue weighted by molar-refractivity contribution is 7.09. The van der Waals surface area contributed by atoms with Gasteiger partial charge in [-0.2, -0.15) is 0 Å². The molecule has 0 aliphatic heterocycles. The van der Waals surface area contributed by atoms with Gasteiger partial charge in [0.05, 0.1) is 0 Å². The Kier molecular flexibility index (Phi) is 3.76. The SMILES string of the molecule is CC(N)c1cc(F)ccc1OCc1cccs1. The van der Waals surface area contributed by atoms with E-state index in [1.54, 1.807) is 17.4 Å². The smallest absolute Gasteiger partial charge is 0.124 e. The molecule has 2 nitrogen and oxygen atoms in total. The maximum absolute atomic E-state index is 13.1. The Morgan fingerprint density at radius 1 is 1.41 bits per heavy atom. The van der Waals surface area contributed by atoms with Crippen LogP contribution >= 0.6 is 11.3 Å². The molecule has 0 radical (unpaired) electrons. The first-order chi connectivity index (χ1) is 8.16. The predicted octanol–water partition coefficient (Wildman–Crippen LogP) is 3.49. The number of nitrogens with two attached hydrogens (primary N) is 1. The predicted molar refractivity (Wildman–Crippen MR) is 67.7 cm³/mol. The van der Waals surface area contributed by atoms with Gasteiger partial charge in [0.25, 0.3) is 0 Å². The van der Waals surface area contributed by atoms with Crippen LogP contribution in [0.1, 0.15) is 23.4 Å². The summed E-state index contributed by atoms with van der Waals surface area (Å²) in [6, 6.07) is 8.16. The zero-order valence-electron chi connectivity index (χ0n) is 9.52. The van der Waals surface area contributed by atoms with Crippen LogP contribution in [-0.4, -0.2) is 0 Å². The molecule has 17 heavy (non-hydrogen) atoms. The zero-order valence-corrected chi connectivity index (χ0v) is 10.3. The normalized spacial score (nSPS) is 12.4. The van der Waals surface area contributed by atoms with Crippen molar-refractivity contribution < 1.29 is 9.13 Å². The number of halogens is 1. The van der Waals surface area contributed by atoms with Crippen molar-refractivity contribution in [2.75, 3.05) is 0 Å². The number of hydrogen-bond donors (Lipinski definition) is 1. The van der Waals surface area contributed by atoms with Crippen molar-refractivity contribution in [3.8, 4) is 5.75 Å². The van der Waals surface area contributed by atoms with E-state index >= 15 is 0 Å². The van der Waals surface area contributed by atoms with Gasteiger partial charge in [-0.25, -0.2) is 4.39 Å². The zero-order chi connectivity index (χ0) is 12.3. The largest absolute Gasteiger partial charge is 0.488 e. The second kappa shape index (κ2) is 5.29. The molecule has 0 saturated carbocycles. The summed E-state index contributed by atoms with van der Waals surface area (Å²) in [5, 5.41) is 2.00. The molecule has 0 aliphatic carbocycles. The highest BCUT2D eigenvalue weighted by atomic mass is 32.1. The van der Waals surface area contributed by atoms with Gasteiger partial charge >= 0.3 is 0 Å². The first-order valence-corrected chi connectivity index (χ1v) is 6.25. The molecule has 2 N–H and O–H groups in total. The fourth-order valence-corrected chi connectivity index (χ4v) is 2.17. The average Bonchev–Trinajstić information content (AvgIpc) is 2.80. The van der Waals surface area contributed by atoms with E-state index in [9.17, 15) is 4.39 Å². The fraction of sp³-hybridized carbons (Fsp3) is 0.231. The molecule has 0 saturated heterocycles. The minimum absolute atomic E-state index is 0.246. The summed E-state index contributed by atoms with van der Waals surface area (Å²) in [4.78, 5) is 1.13. The third-order valence-corrected chi connectivity index (χ3v) is 3.26. The van der Waals surface area contributed by atoms with Crippen LogP contribution in [0.25, 0.3) is 0 Å². The fourth-order valence-electron chi connectivity index (χ4n) is 1.55. The van der Waals surface area contributed by atoms with Gasteiger partial charge in [-0.3, -0.25) is 0 Å². The Morgan fingerprint density at radius 3 is 2.88 bits per heavy atom. The van der Waals surface area contributed by atoms with E-state index < -0.39 is 0 Å². The number of thiophene rings is 1. The molecule has 1 aromatic carbocycles. The Balaban J connectivity index is 2.14. The van der Waals surface area contributed by atoms with Gasteiger partial charge in [0, 0.05) is 16.5 Å². The van der Waals surface area contributed by atoms with E-state index in [4.69, 9.17) is 10.5 Å². The number of rotatable bonds is 4. The summed E-state index contributed by atoms with van der Waals surface area (Å²) in [5.41, 5.74) is 6.48. The molecule has 2 rings (SSSR count). The first kappa shape index (κ1) is 12.1. The summed E-state index contributed by atoms with van der Waals surface area (Å²) >= 11 is 1.63. The number of ether oxygens (including phenoxy) is 1. The van der Waals surface area contributed by atoms with Crippen molar-refractivity contribution >= 4 is 11.3 Å². The monoisotopic (exact) mass is 251 g/mol. The van der Waals surface area contributed by atoms with Crippen molar-refractivity contribution in [2.24, 2.45) is 5.73 Å². The van der Waals surface area contributed by atoms with E-state index in [1.165, 1.54) is 12.1 Å². The van der Waals surface area contributed by atoms with E-state index in [0.717, 1.165) is 4.88 Å². The van der Waals surface area contributed by atoms with Crippen molar-refractivity contribution in [1.82, 2.24) is 0 Å². The molecule has 0 fully saturated rings. The van der Waals surface area contributed by atoms with E-state index in [-0.39, 0.29) is 11.9 Å². The Morgan fingerprint density at radius 2 is 2.24 bits per heavy atom. The van der Waals surface area contributed by atoms with Crippen LogP contribution < -0.4 is 10.5 Å². The lowest BCUT2D eigenvalue weighted by molar-refractivity contribution is 0.304. The standard InChI is InChI=1S/C13H14FNOS/c1-9(15)12-7-10(14)4-5-13(12)16-8-11-3-2-6-17-11/h2-7,9H,8,15H2,1H3. The number of hydrogen-bond acceptors (Lipinski definition) is 3. The minimum atomic E-state index is -0.291. The molecular weight excluding hydrogens is 237 g/mol. The first-order valence-electron chi connectivity index (χ1n) is 5.37. The third kappa shape index (κ3) is 3.05. The molecule has 4 heteroatoms. The molecule has 1 unspecified atom stereocenters. The summed E-state index contributed by atoms with van der Waals surface area (Å²) in [6.45, 7) is 2.30. The van der Waals surface area contributed by atoms with Gasteiger partial charge in [-0.1, -0.05) is 6.07 Å². The second-order valence-corrected chi connectivity index (χ2v) is 4.87. The Labute approximate surface area is 104 Å². The molecular formula is C13H14FNOS. The van der Waals surface area contributed by atoms with Crippen molar-refractivity contribution in [2.45, 2.75) is 19.6 Å². The van der Waals surface area contributed by atoms with Crippen LogP contribution in [0, 0.1) is 5.82 Å². The van der Waals surface area contributed by atoms with Gasteiger partial charge in [-0.15, -0.1) is 11.3 Å². The molecule has 1 heterocycles. The van der Waals surface area contributed by atoms with E-state index in [1.807, 2.05) is 24.4 Å². The van der Waals surface area contributed by atoms with Gasteiger partial charge in [0.2, 0.25) is 0 Å². The van der Waals surface area contributed by atoms with Crippen LogP contribution in [0.4, 0.5) is 4.39 Å². The molecule has 0 amide bonds. The molecule has 90 valence electrons. The van der Waals surface area contributed by atoms with Gasteiger partial charge < -0.3 is 10.5 Å². The lowest BCUT2D eigenvalue weighted by Crippen LogP contribution is -2.08. The summed E-state index contributed by atoms with van der Waals surface area (Å²) in [7, 11) is 0.